The van der Waals surface area contributed by atoms with Gasteiger partial charge in [-0.15, -0.1) is 0 Å². The second-order valence-corrected chi connectivity index (χ2v) is 6.55. The predicted molar refractivity (Wildman–Crippen MR) is 76.0 cm³/mol. The van der Waals surface area contributed by atoms with Gasteiger partial charge in [0.05, 0.1) is 0 Å². The van der Waals surface area contributed by atoms with Crippen molar-refractivity contribution in [1.29, 1.82) is 0 Å². The van der Waals surface area contributed by atoms with Crippen molar-refractivity contribution in [1.82, 2.24) is 0 Å². The summed E-state index contributed by atoms with van der Waals surface area (Å²) >= 11 is 0. The lowest BCUT2D eigenvalue weighted by Crippen LogP contribution is -2.01. The highest BCUT2D eigenvalue weighted by molar-refractivity contribution is 5.07. The first-order chi connectivity index (χ1) is 8.12. The molecule has 0 unspecified atom stereocenters. The minimum absolute atomic E-state index is 0.830. The number of allylic oxidation sites excluding steroid dienone is 4. The molecule has 0 nitrogen and oxygen atoms in total. The van der Waals surface area contributed by atoms with E-state index in [-0.39, 0.29) is 0 Å². The van der Waals surface area contributed by atoms with E-state index in [1.54, 1.807) is 5.57 Å². The highest BCUT2D eigenvalue weighted by Gasteiger charge is 2.52. The van der Waals surface area contributed by atoms with Crippen LogP contribution in [-0.4, -0.2) is 0 Å². The first kappa shape index (κ1) is 12.9. The van der Waals surface area contributed by atoms with Crippen molar-refractivity contribution < 1.29 is 0 Å². The lowest BCUT2D eigenvalue weighted by molar-refractivity contribution is 0.408. The quantitative estimate of drug-likeness (QED) is 0.498. The standard InChI is InChI=1S/C17H28/c1-14(2)6-4-7-15(3)8-5-11-17(12-13-17)16-9-10-16/h6,8,16H,4-5,7,9-13H2,1-3H3/b15-8+. The molecule has 2 saturated carbocycles. The number of rotatable bonds is 7. The zero-order valence-electron chi connectivity index (χ0n) is 11.9. The van der Waals surface area contributed by atoms with E-state index in [1.807, 2.05) is 0 Å². The molecule has 0 spiro atoms. The minimum atomic E-state index is 0.830. The van der Waals surface area contributed by atoms with Crippen molar-refractivity contribution in [3.05, 3.63) is 23.3 Å². The van der Waals surface area contributed by atoms with Crippen LogP contribution in [-0.2, 0) is 0 Å². The van der Waals surface area contributed by atoms with Gasteiger partial charge in [0.1, 0.15) is 0 Å². The van der Waals surface area contributed by atoms with Crippen LogP contribution in [0.3, 0.4) is 0 Å². The van der Waals surface area contributed by atoms with Crippen molar-refractivity contribution in [2.24, 2.45) is 11.3 Å². The molecule has 17 heavy (non-hydrogen) atoms. The zero-order chi connectivity index (χ0) is 12.3. The van der Waals surface area contributed by atoms with E-state index in [1.165, 1.54) is 56.9 Å². The normalized spacial score (nSPS) is 22.4. The summed E-state index contributed by atoms with van der Waals surface area (Å²) in [6.45, 7) is 6.67. The van der Waals surface area contributed by atoms with E-state index < -0.39 is 0 Å². The van der Waals surface area contributed by atoms with Gasteiger partial charge in [-0.1, -0.05) is 23.3 Å². The fraction of sp³-hybridized carbons (Fsp3) is 0.765. The van der Waals surface area contributed by atoms with Crippen LogP contribution in [0, 0.1) is 11.3 Å². The maximum absolute atomic E-state index is 2.50. The zero-order valence-corrected chi connectivity index (χ0v) is 11.9. The van der Waals surface area contributed by atoms with Crippen LogP contribution in [0.25, 0.3) is 0 Å². The third kappa shape index (κ3) is 4.01. The molecule has 0 N–H and O–H groups in total. The molecule has 0 aliphatic heterocycles. The fourth-order valence-electron chi connectivity index (χ4n) is 3.02. The Balaban J connectivity index is 1.64. The van der Waals surface area contributed by atoms with Crippen molar-refractivity contribution in [2.45, 2.75) is 72.1 Å². The average Bonchev–Trinajstić information content (AvgIpc) is 3.12. The van der Waals surface area contributed by atoms with Crippen molar-refractivity contribution in [3.8, 4) is 0 Å². The van der Waals surface area contributed by atoms with Crippen LogP contribution in [0.4, 0.5) is 0 Å². The van der Waals surface area contributed by atoms with Crippen LogP contribution in [0.15, 0.2) is 23.3 Å². The molecule has 0 heterocycles. The monoisotopic (exact) mass is 232 g/mol. The number of hydrogen-bond acceptors (Lipinski definition) is 0. The van der Waals surface area contributed by atoms with Gasteiger partial charge in [-0.05, 0) is 83.5 Å². The van der Waals surface area contributed by atoms with E-state index in [0.29, 0.717) is 0 Å². The van der Waals surface area contributed by atoms with E-state index in [9.17, 15) is 0 Å². The Morgan fingerprint density at radius 3 is 2.29 bits per heavy atom. The Morgan fingerprint density at radius 2 is 1.76 bits per heavy atom. The van der Waals surface area contributed by atoms with Gasteiger partial charge in [0.2, 0.25) is 0 Å². The third-order valence-electron chi connectivity index (χ3n) is 4.56. The summed E-state index contributed by atoms with van der Waals surface area (Å²) in [6, 6.07) is 0. The third-order valence-corrected chi connectivity index (χ3v) is 4.56. The van der Waals surface area contributed by atoms with Crippen molar-refractivity contribution >= 4 is 0 Å². The maximum atomic E-state index is 2.50. The molecule has 0 atom stereocenters. The Bertz CT molecular complexity index is 307. The summed E-state index contributed by atoms with van der Waals surface area (Å²) in [5, 5.41) is 0. The Labute approximate surface area is 107 Å². The summed E-state index contributed by atoms with van der Waals surface area (Å²) in [4.78, 5) is 0. The van der Waals surface area contributed by atoms with E-state index >= 15 is 0 Å². The molecule has 2 rings (SSSR count). The molecular weight excluding hydrogens is 204 g/mol. The van der Waals surface area contributed by atoms with E-state index in [4.69, 9.17) is 0 Å². The maximum Gasteiger partial charge on any atom is -0.0266 e. The Kier molecular flexibility index (Phi) is 4.12. The van der Waals surface area contributed by atoms with Crippen LogP contribution < -0.4 is 0 Å². The summed E-state index contributed by atoms with van der Waals surface area (Å²) < 4.78 is 0. The summed E-state index contributed by atoms with van der Waals surface area (Å²) in [5.41, 5.74) is 3.87. The second-order valence-electron chi connectivity index (χ2n) is 6.55. The minimum Gasteiger partial charge on any atom is -0.0856 e. The highest BCUT2D eigenvalue weighted by Crippen LogP contribution is 2.63. The van der Waals surface area contributed by atoms with Crippen molar-refractivity contribution in [2.75, 3.05) is 0 Å². The van der Waals surface area contributed by atoms with Gasteiger partial charge in [0.15, 0.2) is 0 Å². The van der Waals surface area contributed by atoms with Gasteiger partial charge in [-0.2, -0.15) is 0 Å². The van der Waals surface area contributed by atoms with Gasteiger partial charge < -0.3 is 0 Å². The highest BCUT2D eigenvalue weighted by atomic mass is 14.6. The topological polar surface area (TPSA) is 0 Å². The van der Waals surface area contributed by atoms with Gasteiger partial charge in [0.25, 0.3) is 0 Å². The molecule has 0 aromatic carbocycles. The van der Waals surface area contributed by atoms with Gasteiger partial charge in [-0.3, -0.25) is 0 Å². The molecule has 0 radical (unpaired) electrons. The molecule has 0 saturated heterocycles. The largest absolute Gasteiger partial charge is 0.0856 e. The second kappa shape index (κ2) is 5.42. The van der Waals surface area contributed by atoms with Crippen LogP contribution in [0.2, 0.25) is 0 Å². The van der Waals surface area contributed by atoms with Gasteiger partial charge >= 0.3 is 0 Å². The van der Waals surface area contributed by atoms with Crippen LogP contribution in [0.1, 0.15) is 72.1 Å². The van der Waals surface area contributed by atoms with E-state index in [2.05, 4.69) is 32.9 Å². The average molecular weight is 232 g/mol. The lowest BCUT2D eigenvalue weighted by Gasteiger charge is -2.12. The molecule has 0 aromatic rings. The molecule has 0 aromatic heterocycles. The first-order valence-corrected chi connectivity index (χ1v) is 7.41. The summed E-state index contributed by atoms with van der Waals surface area (Å²) in [7, 11) is 0. The van der Waals surface area contributed by atoms with Gasteiger partial charge in [0, 0.05) is 0 Å². The van der Waals surface area contributed by atoms with E-state index in [0.717, 1.165) is 11.3 Å². The fourth-order valence-corrected chi connectivity index (χ4v) is 3.02. The molecule has 2 fully saturated rings. The first-order valence-electron chi connectivity index (χ1n) is 7.41. The molecule has 96 valence electrons. The predicted octanol–water partition coefficient (Wildman–Crippen LogP) is 5.65. The SMILES string of the molecule is CC(C)=CCC/C(C)=C/CCC1(C2CC2)CC1. The molecule has 0 bridgehead atoms. The molecule has 0 heteroatoms. The molecule has 2 aliphatic rings. The summed E-state index contributed by atoms with van der Waals surface area (Å²) in [6.07, 6.45) is 16.2. The lowest BCUT2D eigenvalue weighted by atomic mass is 9.93. The number of hydrogen-bond donors (Lipinski definition) is 0. The van der Waals surface area contributed by atoms with Crippen LogP contribution in [0.5, 0.6) is 0 Å². The smallest absolute Gasteiger partial charge is 0.0266 e. The Morgan fingerprint density at radius 1 is 1.06 bits per heavy atom. The van der Waals surface area contributed by atoms with Gasteiger partial charge in [-0.25, -0.2) is 0 Å². The van der Waals surface area contributed by atoms with Crippen LogP contribution >= 0.6 is 0 Å². The summed E-state index contributed by atoms with van der Waals surface area (Å²) in [5.74, 6) is 1.13. The molecule has 0 amide bonds. The Hall–Kier alpha value is -0.520. The molecular formula is C17H28. The molecule has 2 aliphatic carbocycles. The van der Waals surface area contributed by atoms with Crippen molar-refractivity contribution in [3.63, 3.8) is 0 Å².